The first-order valence-electron chi connectivity index (χ1n) is 6.60. The van der Waals surface area contributed by atoms with Gasteiger partial charge >= 0.3 is 0 Å². The molecule has 2 aromatic rings. The Balaban J connectivity index is 2.65. The Bertz CT molecular complexity index is 602. The minimum Gasteiger partial charge on any atom is -0.494 e. The Labute approximate surface area is 124 Å². The average molecular weight is 295 g/mol. The highest BCUT2D eigenvalue weighted by Crippen LogP contribution is 2.35. The van der Waals surface area contributed by atoms with Gasteiger partial charge in [-0.15, -0.1) is 0 Å². The van der Waals surface area contributed by atoms with Crippen molar-refractivity contribution in [3.8, 4) is 5.75 Å². The molecule has 20 heavy (non-hydrogen) atoms. The summed E-state index contributed by atoms with van der Waals surface area (Å²) in [4.78, 5) is 4.59. The van der Waals surface area contributed by atoms with Crippen LogP contribution in [-0.4, -0.2) is 25.7 Å². The largest absolute Gasteiger partial charge is 0.494 e. The molecule has 0 bridgehead atoms. The topological polar surface area (TPSA) is 43.4 Å². The van der Waals surface area contributed by atoms with E-state index in [2.05, 4.69) is 17.2 Å². The molecule has 0 aliphatic carbocycles. The summed E-state index contributed by atoms with van der Waals surface area (Å²) in [5, 5.41) is 4.94. The summed E-state index contributed by atoms with van der Waals surface area (Å²) in [5.41, 5.74) is 2.57. The fourth-order valence-electron chi connectivity index (χ4n) is 2.11. The van der Waals surface area contributed by atoms with Crippen molar-refractivity contribution in [3.63, 3.8) is 0 Å². The van der Waals surface area contributed by atoms with Gasteiger partial charge in [0, 0.05) is 24.7 Å². The Morgan fingerprint density at radius 2 is 2.10 bits per heavy atom. The van der Waals surface area contributed by atoms with Gasteiger partial charge in [0.1, 0.15) is 11.3 Å². The molecule has 0 atom stereocenters. The van der Waals surface area contributed by atoms with Crippen molar-refractivity contribution < 1.29 is 9.47 Å². The maximum absolute atomic E-state index is 6.33. The maximum atomic E-state index is 6.33. The van der Waals surface area contributed by atoms with Gasteiger partial charge in [0.05, 0.1) is 24.4 Å². The van der Waals surface area contributed by atoms with Crippen LogP contribution in [0.4, 0.5) is 5.69 Å². The molecule has 0 radical (unpaired) electrons. The lowest BCUT2D eigenvalue weighted by molar-refractivity contribution is 0.182. The fraction of sp³-hybridized carbons (Fsp3) is 0.400. The quantitative estimate of drug-likeness (QED) is 0.878. The van der Waals surface area contributed by atoms with E-state index < -0.39 is 0 Å². The summed E-state index contributed by atoms with van der Waals surface area (Å²) in [5.74, 6) is 0.710. The average Bonchev–Trinajstić information content (AvgIpc) is 2.45. The van der Waals surface area contributed by atoms with Crippen molar-refractivity contribution in [2.45, 2.75) is 20.0 Å². The van der Waals surface area contributed by atoms with Gasteiger partial charge in [0.25, 0.3) is 0 Å². The lowest BCUT2D eigenvalue weighted by Gasteiger charge is -2.14. The van der Waals surface area contributed by atoms with Crippen molar-refractivity contribution in [2.75, 3.05) is 26.1 Å². The van der Waals surface area contributed by atoms with E-state index in [1.807, 2.05) is 18.2 Å². The predicted octanol–water partition coefficient (Wildman–Crippen LogP) is 3.87. The van der Waals surface area contributed by atoms with Crippen LogP contribution in [0, 0.1) is 0 Å². The van der Waals surface area contributed by atoms with Crippen molar-refractivity contribution in [1.29, 1.82) is 0 Å². The summed E-state index contributed by atoms with van der Waals surface area (Å²) in [6, 6.07) is 5.64. The van der Waals surface area contributed by atoms with Crippen LogP contribution in [0.15, 0.2) is 18.2 Å². The fourth-order valence-corrected chi connectivity index (χ4v) is 2.37. The van der Waals surface area contributed by atoms with Crippen molar-refractivity contribution >= 4 is 28.2 Å². The normalized spacial score (nSPS) is 10.8. The molecule has 1 heterocycles. The van der Waals surface area contributed by atoms with E-state index in [-0.39, 0.29) is 0 Å². The van der Waals surface area contributed by atoms with Gasteiger partial charge in [-0.2, -0.15) is 0 Å². The second-order valence-electron chi connectivity index (χ2n) is 4.49. The van der Waals surface area contributed by atoms with Crippen LogP contribution in [0.2, 0.25) is 5.02 Å². The zero-order valence-corrected chi connectivity index (χ0v) is 12.8. The molecule has 0 saturated carbocycles. The van der Waals surface area contributed by atoms with Crippen molar-refractivity contribution in [3.05, 3.63) is 28.9 Å². The van der Waals surface area contributed by atoms with Crippen molar-refractivity contribution in [2.24, 2.45) is 0 Å². The van der Waals surface area contributed by atoms with E-state index in [0.717, 1.165) is 35.2 Å². The van der Waals surface area contributed by atoms with Gasteiger partial charge in [-0.05, 0) is 24.6 Å². The van der Waals surface area contributed by atoms with Gasteiger partial charge in [0.15, 0.2) is 0 Å². The van der Waals surface area contributed by atoms with Gasteiger partial charge < -0.3 is 14.8 Å². The van der Waals surface area contributed by atoms with E-state index in [1.54, 1.807) is 14.2 Å². The molecule has 0 fully saturated rings. The second-order valence-corrected chi connectivity index (χ2v) is 4.90. The summed E-state index contributed by atoms with van der Waals surface area (Å²) in [6.07, 6.45) is 1.03. The summed E-state index contributed by atoms with van der Waals surface area (Å²) in [6.45, 7) is 3.44. The number of benzene rings is 1. The van der Waals surface area contributed by atoms with Crippen LogP contribution in [0.25, 0.3) is 10.9 Å². The van der Waals surface area contributed by atoms with Crippen LogP contribution >= 0.6 is 11.6 Å². The summed E-state index contributed by atoms with van der Waals surface area (Å²) in [7, 11) is 3.28. The molecule has 0 amide bonds. The van der Waals surface area contributed by atoms with Gasteiger partial charge in [0.2, 0.25) is 0 Å². The van der Waals surface area contributed by atoms with Crippen LogP contribution in [0.3, 0.4) is 0 Å². The number of rotatable bonds is 6. The van der Waals surface area contributed by atoms with Gasteiger partial charge in [-0.1, -0.05) is 18.5 Å². The number of halogens is 1. The minimum absolute atomic E-state index is 0.451. The van der Waals surface area contributed by atoms with E-state index in [1.165, 1.54) is 0 Å². The molecule has 0 aliphatic rings. The predicted molar refractivity (Wildman–Crippen MR) is 82.8 cm³/mol. The third-order valence-corrected chi connectivity index (χ3v) is 3.32. The number of ether oxygens (including phenoxy) is 2. The number of hydrogen-bond donors (Lipinski definition) is 1. The monoisotopic (exact) mass is 294 g/mol. The number of hydrogen-bond acceptors (Lipinski definition) is 4. The number of methoxy groups -OCH3 is 2. The Morgan fingerprint density at radius 1 is 1.30 bits per heavy atom. The first-order valence-corrected chi connectivity index (χ1v) is 6.98. The lowest BCUT2D eigenvalue weighted by Crippen LogP contribution is -2.04. The van der Waals surface area contributed by atoms with Crippen LogP contribution < -0.4 is 10.1 Å². The third kappa shape index (κ3) is 2.97. The number of fused-ring (bicyclic) bond motifs is 1. The lowest BCUT2D eigenvalue weighted by atomic mass is 10.1. The number of nitrogens with zero attached hydrogens (tertiary/aromatic N) is 1. The highest BCUT2D eigenvalue weighted by molar-refractivity contribution is 6.36. The Kier molecular flexibility index (Phi) is 5.04. The molecule has 2 rings (SSSR count). The zero-order valence-electron chi connectivity index (χ0n) is 12.0. The highest BCUT2D eigenvalue weighted by Gasteiger charge is 2.13. The zero-order chi connectivity index (χ0) is 14.5. The smallest absolute Gasteiger partial charge is 0.145 e. The molecule has 1 aromatic carbocycles. The molecule has 0 spiro atoms. The molecule has 4 nitrogen and oxygen atoms in total. The van der Waals surface area contributed by atoms with Gasteiger partial charge in [-0.25, -0.2) is 4.98 Å². The molecule has 0 unspecified atom stereocenters. The van der Waals surface area contributed by atoms with Crippen molar-refractivity contribution in [1.82, 2.24) is 4.98 Å². The number of anilines is 1. The minimum atomic E-state index is 0.451. The Hall–Kier alpha value is -1.52. The molecular formula is C15H19ClN2O2. The summed E-state index contributed by atoms with van der Waals surface area (Å²) >= 11 is 6.33. The molecular weight excluding hydrogens is 276 g/mol. The molecule has 108 valence electrons. The van der Waals surface area contributed by atoms with E-state index in [0.29, 0.717) is 17.4 Å². The summed E-state index contributed by atoms with van der Waals surface area (Å²) < 4.78 is 10.6. The SMILES string of the molecule is CCCNc1cc(COC)nc2c(OC)ccc(Cl)c12. The molecule has 5 heteroatoms. The number of aromatic nitrogens is 1. The first-order chi connectivity index (χ1) is 9.71. The van der Waals surface area contributed by atoms with E-state index >= 15 is 0 Å². The molecule has 1 aromatic heterocycles. The van der Waals surface area contributed by atoms with E-state index in [9.17, 15) is 0 Å². The first kappa shape index (κ1) is 14.9. The second kappa shape index (κ2) is 6.77. The standard InChI is InChI=1S/C15H19ClN2O2/c1-4-7-17-12-8-10(9-19-2)18-15-13(20-3)6-5-11(16)14(12)15/h5-6,8H,4,7,9H2,1-3H3,(H,17,18). The van der Waals surface area contributed by atoms with Gasteiger partial charge in [-0.3, -0.25) is 0 Å². The van der Waals surface area contributed by atoms with Crippen LogP contribution in [0.5, 0.6) is 5.75 Å². The molecule has 1 N–H and O–H groups in total. The Morgan fingerprint density at radius 3 is 2.75 bits per heavy atom. The van der Waals surface area contributed by atoms with E-state index in [4.69, 9.17) is 21.1 Å². The van der Waals surface area contributed by atoms with Crippen LogP contribution in [0.1, 0.15) is 19.0 Å². The molecule has 0 aliphatic heterocycles. The highest BCUT2D eigenvalue weighted by atomic mass is 35.5. The number of nitrogens with one attached hydrogen (secondary N) is 1. The maximum Gasteiger partial charge on any atom is 0.145 e. The van der Waals surface area contributed by atoms with Crippen LogP contribution in [-0.2, 0) is 11.3 Å². The molecule has 0 saturated heterocycles. The third-order valence-electron chi connectivity index (χ3n) is 3.00. The number of pyridine rings is 1.